The first-order valence-corrected chi connectivity index (χ1v) is 4.60. The Kier molecular flexibility index (Phi) is 4.07. The number of aliphatic hydroxyl groups is 1. The number of hydrogen-bond donors (Lipinski definition) is 2. The molecule has 0 saturated carbocycles. The molecular formula is C10H12O6. The summed E-state index contributed by atoms with van der Waals surface area (Å²) in [4.78, 5) is 22.1. The van der Waals surface area contributed by atoms with Crippen LogP contribution in [0.3, 0.4) is 0 Å². The van der Waals surface area contributed by atoms with Crippen molar-refractivity contribution in [2.75, 3.05) is 13.7 Å². The summed E-state index contributed by atoms with van der Waals surface area (Å²) in [5, 5.41) is 17.5. The molecule has 0 aliphatic carbocycles. The van der Waals surface area contributed by atoms with Gasteiger partial charge in [-0.25, -0.2) is 0 Å². The van der Waals surface area contributed by atoms with Gasteiger partial charge in [-0.2, -0.15) is 0 Å². The van der Waals surface area contributed by atoms with Crippen LogP contribution in [0.25, 0.3) is 0 Å². The Labute approximate surface area is 91.4 Å². The topological polar surface area (TPSA) is 97.0 Å². The van der Waals surface area contributed by atoms with Crippen LogP contribution in [0.4, 0.5) is 0 Å². The van der Waals surface area contributed by atoms with Gasteiger partial charge < -0.3 is 19.4 Å². The molecule has 16 heavy (non-hydrogen) atoms. The van der Waals surface area contributed by atoms with E-state index < -0.39 is 17.9 Å². The zero-order chi connectivity index (χ0) is 12.1. The normalized spacial score (nSPS) is 12.1. The number of furan rings is 1. The van der Waals surface area contributed by atoms with E-state index in [1.54, 1.807) is 0 Å². The molecule has 0 saturated heterocycles. The molecule has 88 valence electrons. The summed E-state index contributed by atoms with van der Waals surface area (Å²) < 4.78 is 9.50. The molecule has 6 nitrogen and oxygen atoms in total. The van der Waals surface area contributed by atoms with E-state index in [2.05, 4.69) is 4.74 Å². The lowest BCUT2D eigenvalue weighted by Gasteiger charge is -2.06. The Morgan fingerprint density at radius 1 is 1.50 bits per heavy atom. The van der Waals surface area contributed by atoms with Crippen LogP contribution in [0.2, 0.25) is 0 Å². The van der Waals surface area contributed by atoms with Gasteiger partial charge in [0, 0.05) is 6.42 Å². The zero-order valence-electron chi connectivity index (χ0n) is 8.67. The highest BCUT2D eigenvalue weighted by Gasteiger charge is 2.32. The number of aliphatic hydroxyl groups excluding tert-OH is 1. The molecule has 0 amide bonds. The van der Waals surface area contributed by atoms with Crippen LogP contribution in [0.5, 0.6) is 0 Å². The number of carboxylic acid groups (broad SMARTS) is 1. The largest absolute Gasteiger partial charge is 0.480 e. The SMILES string of the molecule is COC(=O)C(C(=O)O)c1ccc(CCO)o1. The van der Waals surface area contributed by atoms with Gasteiger partial charge in [0.2, 0.25) is 5.92 Å². The number of ether oxygens (including phenoxy) is 1. The molecule has 0 aliphatic heterocycles. The molecule has 1 unspecified atom stereocenters. The van der Waals surface area contributed by atoms with Gasteiger partial charge in [-0.1, -0.05) is 0 Å². The molecule has 0 fully saturated rings. The van der Waals surface area contributed by atoms with Crippen molar-refractivity contribution in [2.24, 2.45) is 0 Å². The highest BCUT2D eigenvalue weighted by atomic mass is 16.5. The Bertz CT molecular complexity index is 380. The van der Waals surface area contributed by atoms with E-state index in [0.717, 1.165) is 7.11 Å². The van der Waals surface area contributed by atoms with Crippen molar-refractivity contribution >= 4 is 11.9 Å². The fraction of sp³-hybridized carbons (Fsp3) is 0.400. The minimum atomic E-state index is -1.46. The fourth-order valence-corrected chi connectivity index (χ4v) is 1.25. The number of methoxy groups -OCH3 is 1. The maximum atomic E-state index is 11.2. The molecule has 1 rings (SSSR count). The van der Waals surface area contributed by atoms with E-state index in [0.29, 0.717) is 5.76 Å². The van der Waals surface area contributed by atoms with Crippen molar-refractivity contribution in [3.63, 3.8) is 0 Å². The molecule has 2 N–H and O–H groups in total. The molecular weight excluding hydrogens is 216 g/mol. The van der Waals surface area contributed by atoms with E-state index in [4.69, 9.17) is 14.6 Å². The lowest BCUT2D eigenvalue weighted by atomic mass is 10.1. The van der Waals surface area contributed by atoms with E-state index in [1.807, 2.05) is 0 Å². The fourth-order valence-electron chi connectivity index (χ4n) is 1.25. The smallest absolute Gasteiger partial charge is 0.327 e. The van der Waals surface area contributed by atoms with Crippen molar-refractivity contribution in [3.05, 3.63) is 23.7 Å². The van der Waals surface area contributed by atoms with Crippen molar-refractivity contribution < 1.29 is 29.0 Å². The first kappa shape index (κ1) is 12.3. The molecule has 0 radical (unpaired) electrons. The van der Waals surface area contributed by atoms with E-state index in [-0.39, 0.29) is 18.8 Å². The molecule has 1 atom stereocenters. The predicted octanol–water partition coefficient (Wildman–Crippen LogP) is 0.156. The van der Waals surface area contributed by atoms with Gasteiger partial charge in [0.25, 0.3) is 0 Å². The molecule has 1 heterocycles. The van der Waals surface area contributed by atoms with Crippen molar-refractivity contribution in [3.8, 4) is 0 Å². The molecule has 0 spiro atoms. The van der Waals surface area contributed by atoms with Crippen molar-refractivity contribution in [1.29, 1.82) is 0 Å². The third kappa shape index (κ3) is 2.60. The summed E-state index contributed by atoms with van der Waals surface area (Å²) in [6, 6.07) is 2.91. The third-order valence-electron chi connectivity index (χ3n) is 2.01. The van der Waals surface area contributed by atoms with Crippen LogP contribution >= 0.6 is 0 Å². The summed E-state index contributed by atoms with van der Waals surface area (Å²) in [7, 11) is 1.11. The summed E-state index contributed by atoms with van der Waals surface area (Å²) in [5.41, 5.74) is 0. The van der Waals surface area contributed by atoms with E-state index in [9.17, 15) is 9.59 Å². The van der Waals surface area contributed by atoms with Crippen LogP contribution in [0.15, 0.2) is 16.5 Å². The first-order chi connectivity index (χ1) is 7.60. The predicted molar refractivity (Wildman–Crippen MR) is 51.9 cm³/mol. The minimum absolute atomic E-state index is 0.00259. The molecule has 0 bridgehead atoms. The van der Waals surface area contributed by atoms with E-state index >= 15 is 0 Å². The molecule has 1 aromatic heterocycles. The third-order valence-corrected chi connectivity index (χ3v) is 2.01. The van der Waals surface area contributed by atoms with Gasteiger partial charge in [0.15, 0.2) is 0 Å². The molecule has 0 aliphatic rings. The number of carboxylic acids is 1. The average Bonchev–Trinajstić information content (AvgIpc) is 2.66. The van der Waals surface area contributed by atoms with Crippen LogP contribution in [0, 0.1) is 0 Å². The van der Waals surface area contributed by atoms with Gasteiger partial charge in [-0.05, 0) is 12.1 Å². The summed E-state index contributed by atoms with van der Waals surface area (Å²) in [5.74, 6) is -3.26. The summed E-state index contributed by atoms with van der Waals surface area (Å²) >= 11 is 0. The maximum absolute atomic E-state index is 11.2. The second-order valence-corrected chi connectivity index (χ2v) is 3.07. The average molecular weight is 228 g/mol. The minimum Gasteiger partial charge on any atom is -0.480 e. The van der Waals surface area contributed by atoms with Gasteiger partial charge in [0.05, 0.1) is 13.7 Å². The second-order valence-electron chi connectivity index (χ2n) is 3.07. The van der Waals surface area contributed by atoms with Crippen molar-refractivity contribution in [1.82, 2.24) is 0 Å². The first-order valence-electron chi connectivity index (χ1n) is 4.60. The number of carbonyl (C=O) groups excluding carboxylic acids is 1. The van der Waals surface area contributed by atoms with Crippen molar-refractivity contribution in [2.45, 2.75) is 12.3 Å². The lowest BCUT2D eigenvalue weighted by molar-refractivity contribution is -0.152. The van der Waals surface area contributed by atoms with Gasteiger partial charge in [-0.15, -0.1) is 0 Å². The Morgan fingerprint density at radius 3 is 2.69 bits per heavy atom. The Balaban J connectivity index is 2.93. The Hall–Kier alpha value is -1.82. The molecule has 1 aromatic rings. The number of rotatable bonds is 5. The second kappa shape index (κ2) is 5.32. The van der Waals surface area contributed by atoms with Gasteiger partial charge >= 0.3 is 11.9 Å². The maximum Gasteiger partial charge on any atom is 0.327 e. The highest BCUT2D eigenvalue weighted by molar-refractivity contribution is 5.99. The monoisotopic (exact) mass is 228 g/mol. The van der Waals surface area contributed by atoms with Crippen LogP contribution in [0.1, 0.15) is 17.4 Å². The lowest BCUT2D eigenvalue weighted by Crippen LogP contribution is -2.22. The molecule has 6 heteroatoms. The van der Waals surface area contributed by atoms with Crippen LogP contribution < -0.4 is 0 Å². The number of hydrogen-bond acceptors (Lipinski definition) is 5. The summed E-state index contributed by atoms with van der Waals surface area (Å²) in [6.45, 7) is -0.108. The van der Waals surface area contributed by atoms with Gasteiger partial charge in [-0.3, -0.25) is 9.59 Å². The zero-order valence-corrected chi connectivity index (χ0v) is 8.67. The number of carbonyl (C=O) groups is 2. The highest BCUT2D eigenvalue weighted by Crippen LogP contribution is 2.20. The van der Waals surface area contributed by atoms with Crippen LogP contribution in [-0.4, -0.2) is 35.9 Å². The summed E-state index contributed by atoms with van der Waals surface area (Å²) in [6.07, 6.45) is 0.271. The van der Waals surface area contributed by atoms with E-state index in [1.165, 1.54) is 12.1 Å². The number of aliphatic carboxylic acids is 1. The van der Waals surface area contributed by atoms with Gasteiger partial charge in [0.1, 0.15) is 11.5 Å². The standard InChI is InChI=1S/C10H12O6/c1-15-10(14)8(9(12)13)7-3-2-6(16-7)4-5-11/h2-3,8,11H,4-5H2,1H3,(H,12,13). The number of esters is 1. The Morgan fingerprint density at radius 2 is 2.19 bits per heavy atom. The van der Waals surface area contributed by atoms with Crippen LogP contribution in [-0.2, 0) is 20.7 Å². The molecule has 0 aromatic carbocycles. The quantitative estimate of drug-likeness (QED) is 0.550.